The van der Waals surface area contributed by atoms with Crippen molar-refractivity contribution in [2.24, 2.45) is 16.2 Å². The maximum absolute atomic E-state index is 13.7. The Morgan fingerprint density at radius 2 is 0.961 bits per heavy atom. The molecule has 0 radical (unpaired) electrons. The predicted molar refractivity (Wildman–Crippen MR) is 188 cm³/mol. The molecule has 0 spiro atoms. The summed E-state index contributed by atoms with van der Waals surface area (Å²) in [5.41, 5.74) is -6.52. The quantitative estimate of drug-likeness (QED) is 0.0293. The molecule has 0 fully saturated rings. The fourth-order valence-corrected chi connectivity index (χ4v) is 8.11. The van der Waals surface area contributed by atoms with Crippen LogP contribution in [0.15, 0.2) is 12.2 Å². The van der Waals surface area contributed by atoms with Crippen molar-refractivity contribution in [3.8, 4) is 0 Å². The molecule has 0 saturated carbocycles. The lowest BCUT2D eigenvalue weighted by molar-refractivity contribution is -0.215. The molecule has 15 heteroatoms. The van der Waals surface area contributed by atoms with Crippen molar-refractivity contribution in [3.05, 3.63) is 12.2 Å². The van der Waals surface area contributed by atoms with Crippen LogP contribution in [0.4, 0.5) is 0 Å². The standard InChI is InChI=1S/C36H70O15/c1-2-3-4-8-11-26(43)12-9-6-5-7-10-13-34(14-27(44)20-37,15-28(45)21-38)36(18-31(48)24-41,19-32(49)25-42)35(33(50)51,16-29(46)22-39)17-30(47)23-40/h6,9,26-32,37-49H,2-5,7-8,10-25H2,1H3,(H,50,51)/t26-,27?,28?,29?,30?,31?,32?,34?,35?,36?/m1/s1. The summed E-state index contributed by atoms with van der Waals surface area (Å²) in [7, 11) is 0. The molecule has 6 unspecified atom stereocenters. The van der Waals surface area contributed by atoms with E-state index in [1.54, 1.807) is 0 Å². The zero-order valence-corrected chi connectivity index (χ0v) is 30.4. The van der Waals surface area contributed by atoms with Gasteiger partial charge in [-0.2, -0.15) is 0 Å². The molecule has 0 aromatic rings. The maximum Gasteiger partial charge on any atom is 0.310 e. The molecular weight excluding hydrogens is 672 g/mol. The van der Waals surface area contributed by atoms with E-state index < -0.39 is 143 Å². The Bertz CT molecular complexity index is 883. The van der Waals surface area contributed by atoms with Gasteiger partial charge in [0.1, 0.15) is 0 Å². The van der Waals surface area contributed by atoms with E-state index in [9.17, 15) is 76.3 Å². The fourth-order valence-electron chi connectivity index (χ4n) is 8.11. The van der Waals surface area contributed by atoms with Gasteiger partial charge in [0.05, 0.1) is 87.8 Å². The molecule has 0 aromatic heterocycles. The van der Waals surface area contributed by atoms with Crippen molar-refractivity contribution < 1.29 is 76.3 Å². The highest BCUT2D eigenvalue weighted by Gasteiger charge is 2.67. The highest BCUT2D eigenvalue weighted by atomic mass is 16.4. The van der Waals surface area contributed by atoms with Gasteiger partial charge < -0.3 is 71.5 Å². The molecule has 0 aliphatic carbocycles. The van der Waals surface area contributed by atoms with Crippen molar-refractivity contribution in [2.75, 3.05) is 39.6 Å². The lowest BCUT2D eigenvalue weighted by atomic mass is 9.41. The summed E-state index contributed by atoms with van der Waals surface area (Å²) < 4.78 is 0. The molecule has 7 atom stereocenters. The number of hydrogen-bond donors (Lipinski definition) is 14. The minimum atomic E-state index is -2.51. The van der Waals surface area contributed by atoms with Gasteiger partial charge in [0.2, 0.25) is 0 Å². The Morgan fingerprint density at radius 1 is 0.529 bits per heavy atom. The third kappa shape index (κ3) is 15.9. The topological polar surface area (TPSA) is 300 Å². The lowest BCUT2D eigenvalue weighted by Crippen LogP contribution is -2.63. The zero-order valence-electron chi connectivity index (χ0n) is 30.4. The fraction of sp³-hybridized carbons (Fsp3) is 0.917. The molecule has 14 N–H and O–H groups in total. The van der Waals surface area contributed by atoms with Crippen LogP contribution in [0.2, 0.25) is 0 Å². The van der Waals surface area contributed by atoms with Crippen molar-refractivity contribution in [1.29, 1.82) is 0 Å². The molecule has 304 valence electrons. The lowest BCUT2D eigenvalue weighted by Gasteiger charge is -2.62. The van der Waals surface area contributed by atoms with Gasteiger partial charge in [0.25, 0.3) is 0 Å². The number of aliphatic carboxylic acids is 1. The molecule has 0 heterocycles. The number of aliphatic hydroxyl groups excluding tert-OH is 13. The number of allylic oxidation sites excluding steroid dienone is 1. The minimum absolute atomic E-state index is 0.0925. The molecule has 0 saturated heterocycles. The maximum atomic E-state index is 13.7. The van der Waals surface area contributed by atoms with Crippen LogP contribution < -0.4 is 0 Å². The number of aliphatic hydroxyl groups is 13. The highest BCUT2D eigenvalue weighted by molar-refractivity contribution is 5.76. The van der Waals surface area contributed by atoms with Crippen molar-refractivity contribution in [3.63, 3.8) is 0 Å². The number of rotatable bonds is 33. The second-order valence-corrected chi connectivity index (χ2v) is 14.4. The summed E-state index contributed by atoms with van der Waals surface area (Å²) in [6.45, 7) is -3.38. The Labute approximate surface area is 302 Å². The van der Waals surface area contributed by atoms with E-state index in [4.69, 9.17) is 0 Å². The zero-order chi connectivity index (χ0) is 39.1. The van der Waals surface area contributed by atoms with E-state index in [0.717, 1.165) is 25.7 Å². The number of unbranched alkanes of at least 4 members (excludes halogenated alkanes) is 5. The van der Waals surface area contributed by atoms with Crippen molar-refractivity contribution in [2.45, 2.75) is 152 Å². The number of hydrogen-bond acceptors (Lipinski definition) is 14. The normalized spacial score (nSPS) is 20.1. The second-order valence-electron chi connectivity index (χ2n) is 14.4. The van der Waals surface area contributed by atoms with Crippen LogP contribution in [0.3, 0.4) is 0 Å². The van der Waals surface area contributed by atoms with Crippen molar-refractivity contribution in [1.82, 2.24) is 0 Å². The summed E-state index contributed by atoms with van der Waals surface area (Å²) in [4.78, 5) is 13.7. The van der Waals surface area contributed by atoms with Gasteiger partial charge in [0.15, 0.2) is 0 Å². The van der Waals surface area contributed by atoms with Crippen LogP contribution in [-0.2, 0) is 4.79 Å². The van der Waals surface area contributed by atoms with Crippen LogP contribution in [0, 0.1) is 16.2 Å². The molecule has 0 aromatic carbocycles. The molecule has 51 heavy (non-hydrogen) atoms. The average molecular weight is 743 g/mol. The summed E-state index contributed by atoms with van der Waals surface area (Å²) >= 11 is 0. The third-order valence-electron chi connectivity index (χ3n) is 10.4. The Morgan fingerprint density at radius 3 is 1.37 bits per heavy atom. The van der Waals surface area contributed by atoms with E-state index in [-0.39, 0.29) is 12.8 Å². The number of carboxylic acids is 1. The minimum Gasteiger partial charge on any atom is -0.481 e. The van der Waals surface area contributed by atoms with Crippen LogP contribution in [-0.4, -0.2) is 160 Å². The second kappa shape index (κ2) is 26.5. The number of carboxylic acid groups (broad SMARTS) is 1. The SMILES string of the molecule is CCCCCC[C@@H](O)CC=CCCCCC(CC(O)CO)(CC(O)CO)C(CC(O)CO)(CC(O)CO)C(CC(O)CO)(CC(O)CO)C(=O)O. The monoisotopic (exact) mass is 742 g/mol. The average Bonchev–Trinajstić information content (AvgIpc) is 3.11. The molecule has 0 amide bonds. The van der Waals surface area contributed by atoms with Gasteiger partial charge in [-0.3, -0.25) is 4.79 Å². The molecule has 0 bridgehead atoms. The Balaban J connectivity index is 7.49. The van der Waals surface area contributed by atoms with E-state index in [1.165, 1.54) is 0 Å². The molecule has 0 aliphatic rings. The molecule has 15 nitrogen and oxygen atoms in total. The summed E-state index contributed by atoms with van der Waals surface area (Å²) in [6.07, 6.45) is -4.74. The molecule has 0 rings (SSSR count). The first-order chi connectivity index (χ1) is 24.1. The van der Waals surface area contributed by atoms with Crippen molar-refractivity contribution >= 4 is 5.97 Å². The first-order valence-corrected chi connectivity index (χ1v) is 18.4. The summed E-state index contributed by atoms with van der Waals surface area (Å²) in [6, 6.07) is 0. The van der Waals surface area contributed by atoms with Gasteiger partial charge in [-0.1, -0.05) is 51.2 Å². The van der Waals surface area contributed by atoms with E-state index >= 15 is 0 Å². The van der Waals surface area contributed by atoms with Gasteiger partial charge in [0, 0.05) is 0 Å². The summed E-state index contributed by atoms with van der Waals surface area (Å²) in [5.74, 6) is -1.71. The Hall–Kier alpha value is -1.31. The first-order valence-electron chi connectivity index (χ1n) is 18.4. The van der Waals surface area contributed by atoms with Crippen LogP contribution in [0.25, 0.3) is 0 Å². The van der Waals surface area contributed by atoms with E-state index in [2.05, 4.69) is 6.92 Å². The van der Waals surface area contributed by atoms with Crippen LogP contribution >= 0.6 is 0 Å². The van der Waals surface area contributed by atoms with E-state index in [1.807, 2.05) is 12.2 Å². The van der Waals surface area contributed by atoms with Gasteiger partial charge in [-0.15, -0.1) is 0 Å². The number of carbonyl (C=O) groups is 1. The predicted octanol–water partition coefficient (Wildman–Crippen LogP) is -0.672. The van der Waals surface area contributed by atoms with E-state index in [0.29, 0.717) is 25.7 Å². The van der Waals surface area contributed by atoms with Gasteiger partial charge in [-0.05, 0) is 81.5 Å². The van der Waals surface area contributed by atoms with Gasteiger partial charge >= 0.3 is 5.97 Å². The highest BCUT2D eigenvalue weighted by Crippen LogP contribution is 2.66. The van der Waals surface area contributed by atoms with Gasteiger partial charge in [-0.25, -0.2) is 0 Å². The van der Waals surface area contributed by atoms with Crippen LogP contribution in [0.1, 0.15) is 110 Å². The summed E-state index contributed by atoms with van der Waals surface area (Å²) in [5, 5.41) is 147. The van der Waals surface area contributed by atoms with Crippen LogP contribution in [0.5, 0.6) is 0 Å². The molecular formula is C36H70O15. The first kappa shape index (κ1) is 49.7. The third-order valence-corrected chi connectivity index (χ3v) is 10.4. The largest absolute Gasteiger partial charge is 0.481 e. The Kier molecular flexibility index (Phi) is 25.8. The molecule has 0 aliphatic heterocycles. The smallest absolute Gasteiger partial charge is 0.310 e.